The van der Waals surface area contributed by atoms with Crippen LogP contribution in [0, 0.1) is 0 Å². The molecule has 2 heterocycles. The van der Waals surface area contributed by atoms with Gasteiger partial charge in [0.15, 0.2) is 0 Å². The molecule has 0 bridgehead atoms. The monoisotopic (exact) mass is 288 g/mol. The molecule has 0 aromatic heterocycles. The zero-order chi connectivity index (χ0) is 15.0. The third-order valence-electron chi connectivity index (χ3n) is 4.67. The highest BCUT2D eigenvalue weighted by Gasteiger charge is 2.35. The van der Waals surface area contributed by atoms with E-state index in [0.29, 0.717) is 23.0 Å². The Morgan fingerprint density at radius 2 is 1.86 bits per heavy atom. The average molecular weight is 288 g/mol. The van der Waals surface area contributed by atoms with Gasteiger partial charge in [-0.05, 0) is 44.5 Å². The normalized spacial score (nSPS) is 26.4. The number of rotatable bonds is 1. The minimum Gasteiger partial charge on any atom is -0.399 e. The lowest BCUT2D eigenvalue weighted by molar-refractivity contribution is 0.0152. The van der Waals surface area contributed by atoms with E-state index in [4.69, 9.17) is 11.5 Å². The number of hydrogen-bond acceptors (Lipinski definition) is 4. The first-order valence-corrected chi connectivity index (χ1v) is 7.75. The van der Waals surface area contributed by atoms with Crippen molar-refractivity contribution in [3.8, 4) is 0 Å². The third kappa shape index (κ3) is 2.83. The lowest BCUT2D eigenvalue weighted by Gasteiger charge is -2.47. The summed E-state index contributed by atoms with van der Waals surface area (Å²) in [5, 5.41) is 0. The Hall–Kier alpha value is -1.75. The molecule has 1 aromatic rings. The molecule has 2 atom stereocenters. The highest BCUT2D eigenvalue weighted by Crippen LogP contribution is 2.26. The first-order valence-electron chi connectivity index (χ1n) is 7.75. The van der Waals surface area contributed by atoms with Crippen LogP contribution in [0.2, 0.25) is 0 Å². The number of anilines is 2. The van der Waals surface area contributed by atoms with Crippen LogP contribution in [-0.2, 0) is 0 Å². The lowest BCUT2D eigenvalue weighted by atomic mass is 9.96. The van der Waals surface area contributed by atoms with Crippen LogP contribution in [0.5, 0.6) is 0 Å². The highest BCUT2D eigenvalue weighted by molar-refractivity contribution is 5.96. The SMILES string of the molecule is CC1CN2CCCCC2CN1C(=O)c1cc(N)cc(N)c1. The molecule has 114 valence electrons. The molecule has 0 spiro atoms. The summed E-state index contributed by atoms with van der Waals surface area (Å²) in [6.45, 7) is 5.07. The van der Waals surface area contributed by atoms with Gasteiger partial charge in [0.2, 0.25) is 0 Å². The van der Waals surface area contributed by atoms with Crippen LogP contribution >= 0.6 is 0 Å². The fourth-order valence-corrected chi connectivity index (χ4v) is 3.60. The number of carbonyl (C=O) groups excluding carboxylic acids is 1. The number of benzene rings is 1. The Labute approximate surface area is 125 Å². The Morgan fingerprint density at radius 3 is 2.57 bits per heavy atom. The molecule has 0 aliphatic carbocycles. The number of carbonyl (C=O) groups is 1. The van der Waals surface area contributed by atoms with Crippen LogP contribution in [0.3, 0.4) is 0 Å². The van der Waals surface area contributed by atoms with Crippen LogP contribution in [0.4, 0.5) is 11.4 Å². The van der Waals surface area contributed by atoms with Crippen LogP contribution < -0.4 is 11.5 Å². The van der Waals surface area contributed by atoms with Crippen LogP contribution in [0.1, 0.15) is 36.5 Å². The smallest absolute Gasteiger partial charge is 0.254 e. The zero-order valence-electron chi connectivity index (χ0n) is 12.6. The number of amides is 1. The minimum absolute atomic E-state index is 0.0479. The van der Waals surface area contributed by atoms with Gasteiger partial charge in [-0.1, -0.05) is 6.42 Å². The van der Waals surface area contributed by atoms with Gasteiger partial charge in [0.05, 0.1) is 0 Å². The number of hydrogen-bond donors (Lipinski definition) is 2. The third-order valence-corrected chi connectivity index (χ3v) is 4.67. The van der Waals surface area contributed by atoms with E-state index in [2.05, 4.69) is 11.8 Å². The van der Waals surface area contributed by atoms with Gasteiger partial charge in [0, 0.05) is 42.1 Å². The van der Waals surface area contributed by atoms with E-state index in [-0.39, 0.29) is 11.9 Å². The Balaban J connectivity index is 1.80. The second-order valence-corrected chi connectivity index (χ2v) is 6.34. The van der Waals surface area contributed by atoms with Crippen LogP contribution in [0.15, 0.2) is 18.2 Å². The van der Waals surface area contributed by atoms with Crippen molar-refractivity contribution in [2.75, 3.05) is 31.1 Å². The van der Waals surface area contributed by atoms with E-state index >= 15 is 0 Å². The van der Waals surface area contributed by atoms with E-state index in [1.165, 1.54) is 25.8 Å². The molecule has 0 saturated carbocycles. The van der Waals surface area contributed by atoms with Crippen LogP contribution in [0.25, 0.3) is 0 Å². The van der Waals surface area contributed by atoms with Gasteiger partial charge in [-0.3, -0.25) is 9.69 Å². The molecule has 21 heavy (non-hydrogen) atoms. The predicted molar refractivity (Wildman–Crippen MR) is 85.0 cm³/mol. The summed E-state index contributed by atoms with van der Waals surface area (Å²) >= 11 is 0. The van der Waals surface area contributed by atoms with E-state index in [1.54, 1.807) is 18.2 Å². The van der Waals surface area contributed by atoms with Gasteiger partial charge in [0.25, 0.3) is 5.91 Å². The summed E-state index contributed by atoms with van der Waals surface area (Å²) in [5.41, 5.74) is 13.3. The number of nitrogens with zero attached hydrogens (tertiary/aromatic N) is 2. The molecule has 2 aliphatic heterocycles. The molecule has 2 aliphatic rings. The van der Waals surface area contributed by atoms with Crippen LogP contribution in [-0.4, -0.2) is 47.4 Å². The van der Waals surface area contributed by atoms with E-state index < -0.39 is 0 Å². The van der Waals surface area contributed by atoms with Gasteiger partial charge in [-0.15, -0.1) is 0 Å². The number of piperidine rings is 1. The maximum atomic E-state index is 12.8. The highest BCUT2D eigenvalue weighted by atomic mass is 16.2. The first kappa shape index (κ1) is 14.2. The molecule has 4 N–H and O–H groups in total. The number of piperazine rings is 1. The molecule has 2 saturated heterocycles. The maximum Gasteiger partial charge on any atom is 0.254 e. The first-order chi connectivity index (χ1) is 10.0. The fraction of sp³-hybridized carbons (Fsp3) is 0.562. The number of nitrogens with two attached hydrogens (primary N) is 2. The Morgan fingerprint density at radius 1 is 1.14 bits per heavy atom. The predicted octanol–water partition coefficient (Wildman–Crippen LogP) is 1.55. The van der Waals surface area contributed by atoms with Crippen molar-refractivity contribution in [3.63, 3.8) is 0 Å². The zero-order valence-corrected chi connectivity index (χ0v) is 12.6. The van der Waals surface area contributed by atoms with E-state index in [9.17, 15) is 4.79 Å². The molecule has 2 fully saturated rings. The van der Waals surface area contributed by atoms with Crippen molar-refractivity contribution in [2.45, 2.75) is 38.3 Å². The molecular weight excluding hydrogens is 264 g/mol. The standard InChI is InChI=1S/C16H24N4O/c1-11-9-19-5-3-2-4-15(19)10-20(11)16(21)12-6-13(17)8-14(18)7-12/h6-8,11,15H,2-5,9-10,17-18H2,1H3. The largest absolute Gasteiger partial charge is 0.399 e. The topological polar surface area (TPSA) is 75.6 Å². The summed E-state index contributed by atoms with van der Waals surface area (Å²) in [4.78, 5) is 17.3. The minimum atomic E-state index is 0.0479. The fourth-order valence-electron chi connectivity index (χ4n) is 3.60. The molecule has 5 nitrogen and oxygen atoms in total. The molecule has 5 heteroatoms. The molecule has 1 aromatic carbocycles. The number of fused-ring (bicyclic) bond motifs is 1. The molecule has 0 radical (unpaired) electrons. The van der Waals surface area contributed by atoms with Gasteiger partial charge in [-0.2, -0.15) is 0 Å². The summed E-state index contributed by atoms with van der Waals surface area (Å²) in [7, 11) is 0. The second-order valence-electron chi connectivity index (χ2n) is 6.34. The maximum absolute atomic E-state index is 12.8. The van der Waals surface area contributed by atoms with Gasteiger partial charge >= 0.3 is 0 Å². The molecular formula is C16H24N4O. The summed E-state index contributed by atoms with van der Waals surface area (Å²) < 4.78 is 0. The molecule has 2 unspecified atom stereocenters. The van der Waals surface area contributed by atoms with Crippen molar-refractivity contribution >= 4 is 17.3 Å². The van der Waals surface area contributed by atoms with Crippen molar-refractivity contribution < 1.29 is 4.79 Å². The second kappa shape index (κ2) is 5.56. The number of nitrogen functional groups attached to an aromatic ring is 2. The molecule has 3 rings (SSSR count). The van der Waals surface area contributed by atoms with Gasteiger partial charge in [-0.25, -0.2) is 0 Å². The summed E-state index contributed by atoms with van der Waals surface area (Å²) in [6.07, 6.45) is 3.74. The Bertz CT molecular complexity index is 525. The molecule has 1 amide bonds. The average Bonchev–Trinajstić information content (AvgIpc) is 2.44. The van der Waals surface area contributed by atoms with Gasteiger partial charge < -0.3 is 16.4 Å². The summed E-state index contributed by atoms with van der Waals surface area (Å²) in [6, 6.07) is 5.86. The Kier molecular flexibility index (Phi) is 3.76. The van der Waals surface area contributed by atoms with E-state index in [1.807, 2.05) is 4.90 Å². The van der Waals surface area contributed by atoms with Crippen molar-refractivity contribution in [1.82, 2.24) is 9.80 Å². The summed E-state index contributed by atoms with van der Waals surface area (Å²) in [5.74, 6) is 0.0479. The van der Waals surface area contributed by atoms with E-state index in [0.717, 1.165) is 13.1 Å². The quantitative estimate of drug-likeness (QED) is 0.769. The van der Waals surface area contributed by atoms with Crippen molar-refractivity contribution in [1.29, 1.82) is 0 Å². The lowest BCUT2D eigenvalue weighted by Crippen LogP contribution is -2.60. The van der Waals surface area contributed by atoms with Crippen molar-refractivity contribution in [2.24, 2.45) is 0 Å². The van der Waals surface area contributed by atoms with Crippen molar-refractivity contribution in [3.05, 3.63) is 23.8 Å². The van der Waals surface area contributed by atoms with Gasteiger partial charge in [0.1, 0.15) is 0 Å².